The van der Waals surface area contributed by atoms with Crippen LogP contribution < -0.4 is 5.73 Å². The van der Waals surface area contributed by atoms with Gasteiger partial charge in [0.15, 0.2) is 5.82 Å². The van der Waals surface area contributed by atoms with E-state index in [4.69, 9.17) is 5.73 Å². The smallest absolute Gasteiger partial charge is 0.268 e. The quantitative estimate of drug-likeness (QED) is 0.783. The van der Waals surface area contributed by atoms with E-state index >= 15 is 0 Å². The molecule has 0 atom stereocenters. The molecule has 0 saturated carbocycles. The first-order valence-corrected chi connectivity index (χ1v) is 4.88. The van der Waals surface area contributed by atoms with Gasteiger partial charge in [-0.2, -0.15) is 0 Å². The Bertz CT molecular complexity index is 506. The van der Waals surface area contributed by atoms with Crippen molar-refractivity contribution in [1.82, 2.24) is 20.2 Å². The van der Waals surface area contributed by atoms with E-state index in [9.17, 15) is 4.79 Å². The number of nitrogens with one attached hydrogen (secondary N) is 1. The maximum Gasteiger partial charge on any atom is 0.268 e. The van der Waals surface area contributed by atoms with Gasteiger partial charge in [-0.1, -0.05) is 6.92 Å². The predicted octanol–water partition coefficient (Wildman–Crippen LogP) is 0.528. The number of nitrogens with two attached hydrogens (primary N) is 1. The van der Waals surface area contributed by atoms with Gasteiger partial charge in [0.2, 0.25) is 0 Å². The highest BCUT2D eigenvalue weighted by Gasteiger charge is 2.17. The van der Waals surface area contributed by atoms with Crippen LogP contribution in [-0.2, 0) is 6.42 Å². The summed E-state index contributed by atoms with van der Waals surface area (Å²) in [6.07, 6.45) is 3.78. The lowest BCUT2D eigenvalue weighted by atomic mass is 10.0. The molecule has 0 aliphatic rings. The minimum Gasteiger partial charge on any atom is -0.364 e. The van der Waals surface area contributed by atoms with Gasteiger partial charge < -0.3 is 10.7 Å². The molecule has 16 heavy (non-hydrogen) atoms. The van der Waals surface area contributed by atoms with Crippen molar-refractivity contribution in [3.8, 4) is 11.4 Å². The maximum absolute atomic E-state index is 11.3. The van der Waals surface area contributed by atoms with Gasteiger partial charge in [0.1, 0.15) is 12.0 Å². The number of hydrogen-bond donors (Lipinski definition) is 2. The molecule has 0 bridgehead atoms. The van der Waals surface area contributed by atoms with Gasteiger partial charge in [-0.3, -0.25) is 9.78 Å². The van der Waals surface area contributed by atoms with Crippen molar-refractivity contribution in [2.75, 3.05) is 0 Å². The fourth-order valence-electron chi connectivity index (χ4n) is 1.58. The van der Waals surface area contributed by atoms with Crippen LogP contribution in [0.25, 0.3) is 11.4 Å². The first-order chi connectivity index (χ1) is 7.74. The molecule has 0 aromatic carbocycles. The summed E-state index contributed by atoms with van der Waals surface area (Å²) >= 11 is 0. The van der Waals surface area contributed by atoms with E-state index in [0.29, 0.717) is 11.4 Å². The van der Waals surface area contributed by atoms with Crippen molar-refractivity contribution < 1.29 is 4.79 Å². The fraction of sp³-hybridized carbons (Fsp3) is 0.200. The summed E-state index contributed by atoms with van der Waals surface area (Å²) in [5.41, 5.74) is 7.09. The number of pyridine rings is 1. The number of aryl methyl sites for hydroxylation is 1. The first kappa shape index (κ1) is 10.3. The number of rotatable bonds is 3. The number of carbonyl (C=O) groups excluding carboxylic acids is 1. The number of aromatic nitrogens is 4. The van der Waals surface area contributed by atoms with Crippen molar-refractivity contribution >= 4 is 5.91 Å². The third-order valence-corrected chi connectivity index (χ3v) is 2.31. The number of amides is 1. The van der Waals surface area contributed by atoms with Crippen molar-refractivity contribution in [3.63, 3.8) is 0 Å². The fourth-order valence-corrected chi connectivity index (χ4v) is 1.58. The van der Waals surface area contributed by atoms with Gasteiger partial charge in [0, 0.05) is 6.20 Å². The summed E-state index contributed by atoms with van der Waals surface area (Å²) in [6, 6.07) is 1.84. The molecule has 0 spiro atoms. The van der Waals surface area contributed by atoms with Crippen LogP contribution in [0.5, 0.6) is 0 Å². The second-order valence-corrected chi connectivity index (χ2v) is 3.25. The molecule has 6 nitrogen and oxygen atoms in total. The highest BCUT2D eigenvalue weighted by Crippen LogP contribution is 2.22. The van der Waals surface area contributed by atoms with Gasteiger partial charge >= 0.3 is 0 Å². The number of aromatic amines is 1. The Hall–Kier alpha value is -2.24. The molecule has 2 heterocycles. The summed E-state index contributed by atoms with van der Waals surface area (Å²) in [5, 5.41) is 7.57. The second-order valence-electron chi connectivity index (χ2n) is 3.25. The van der Waals surface area contributed by atoms with Crippen LogP contribution in [0.2, 0.25) is 0 Å². The minimum absolute atomic E-state index is 0.219. The van der Waals surface area contributed by atoms with E-state index in [1.165, 1.54) is 6.33 Å². The van der Waals surface area contributed by atoms with Crippen LogP contribution in [0.1, 0.15) is 23.0 Å². The average Bonchev–Trinajstić information content (AvgIpc) is 2.81. The predicted molar refractivity (Wildman–Crippen MR) is 57.5 cm³/mol. The zero-order chi connectivity index (χ0) is 11.5. The highest BCUT2D eigenvalue weighted by molar-refractivity contribution is 5.97. The van der Waals surface area contributed by atoms with Crippen LogP contribution in [0, 0.1) is 0 Å². The molecule has 2 aromatic rings. The number of nitrogens with zero attached hydrogens (tertiary/aromatic N) is 3. The highest BCUT2D eigenvalue weighted by atomic mass is 16.1. The number of carbonyl (C=O) groups is 1. The lowest BCUT2D eigenvalue weighted by Gasteiger charge is -2.07. The molecule has 0 aliphatic carbocycles. The number of hydrogen-bond acceptors (Lipinski definition) is 4. The molecule has 0 fully saturated rings. The zero-order valence-electron chi connectivity index (χ0n) is 8.77. The molecule has 3 N–H and O–H groups in total. The van der Waals surface area contributed by atoms with E-state index in [-0.39, 0.29) is 5.69 Å². The molecule has 2 aromatic heterocycles. The third kappa shape index (κ3) is 1.65. The molecule has 2 rings (SSSR count). The Morgan fingerprint density at radius 2 is 2.38 bits per heavy atom. The normalized spacial score (nSPS) is 10.3. The van der Waals surface area contributed by atoms with Gasteiger partial charge in [0.25, 0.3) is 5.91 Å². The lowest BCUT2D eigenvalue weighted by molar-refractivity contribution is 0.0996. The summed E-state index contributed by atoms with van der Waals surface area (Å²) in [5.74, 6) is -0.0551. The third-order valence-electron chi connectivity index (χ3n) is 2.31. The number of H-pyrrole nitrogens is 1. The van der Waals surface area contributed by atoms with Crippen LogP contribution in [-0.4, -0.2) is 26.1 Å². The van der Waals surface area contributed by atoms with E-state index in [0.717, 1.165) is 12.0 Å². The Balaban J connectivity index is 2.68. The van der Waals surface area contributed by atoms with Gasteiger partial charge in [-0.05, 0) is 18.1 Å². The molecule has 1 amide bonds. The number of primary amides is 1. The molecule has 0 aliphatic heterocycles. The van der Waals surface area contributed by atoms with Gasteiger partial charge in [0.05, 0.1) is 5.56 Å². The van der Waals surface area contributed by atoms with E-state index in [1.807, 2.05) is 13.0 Å². The van der Waals surface area contributed by atoms with Crippen LogP contribution in [0.4, 0.5) is 0 Å². The topological polar surface area (TPSA) is 97.6 Å². The Labute approximate surface area is 91.9 Å². The first-order valence-electron chi connectivity index (χ1n) is 4.88. The van der Waals surface area contributed by atoms with E-state index in [2.05, 4.69) is 20.2 Å². The molecule has 0 saturated heterocycles. The Kier molecular flexibility index (Phi) is 2.63. The monoisotopic (exact) mass is 217 g/mol. The minimum atomic E-state index is -0.568. The van der Waals surface area contributed by atoms with E-state index in [1.54, 1.807) is 6.20 Å². The van der Waals surface area contributed by atoms with Crippen molar-refractivity contribution in [3.05, 3.63) is 29.8 Å². The van der Waals surface area contributed by atoms with Gasteiger partial charge in [-0.25, -0.2) is 0 Å². The van der Waals surface area contributed by atoms with Gasteiger partial charge in [-0.15, -0.1) is 10.2 Å². The molecular formula is C10H11N5O. The molecule has 6 heteroatoms. The second kappa shape index (κ2) is 4.09. The summed E-state index contributed by atoms with van der Waals surface area (Å²) in [7, 11) is 0. The largest absolute Gasteiger partial charge is 0.364 e. The molecule has 0 unspecified atom stereocenters. The van der Waals surface area contributed by atoms with Crippen LogP contribution >= 0.6 is 0 Å². The summed E-state index contributed by atoms with van der Waals surface area (Å²) in [4.78, 5) is 18.1. The summed E-state index contributed by atoms with van der Waals surface area (Å²) in [6.45, 7) is 1.99. The van der Waals surface area contributed by atoms with Crippen molar-refractivity contribution in [2.45, 2.75) is 13.3 Å². The Morgan fingerprint density at radius 3 is 2.94 bits per heavy atom. The van der Waals surface area contributed by atoms with Crippen LogP contribution in [0.15, 0.2) is 18.6 Å². The van der Waals surface area contributed by atoms with Crippen molar-refractivity contribution in [1.29, 1.82) is 0 Å². The summed E-state index contributed by atoms with van der Waals surface area (Å²) < 4.78 is 0. The van der Waals surface area contributed by atoms with E-state index < -0.39 is 5.91 Å². The van der Waals surface area contributed by atoms with Crippen molar-refractivity contribution in [2.24, 2.45) is 5.73 Å². The maximum atomic E-state index is 11.3. The SMILES string of the molecule is CCc1ccnc(C(N)=O)c1-c1nnc[nH]1. The van der Waals surface area contributed by atoms with Crippen LogP contribution in [0.3, 0.4) is 0 Å². The molecule has 0 radical (unpaired) electrons. The molecule has 82 valence electrons. The lowest BCUT2D eigenvalue weighted by Crippen LogP contribution is -2.15. The zero-order valence-corrected chi connectivity index (χ0v) is 8.77. The standard InChI is InChI=1S/C10H11N5O/c1-2-6-3-4-12-8(9(11)16)7(6)10-13-5-14-15-10/h3-5H,2H2,1H3,(H2,11,16)(H,13,14,15). The molecular weight excluding hydrogens is 206 g/mol. The average molecular weight is 217 g/mol. The Morgan fingerprint density at radius 1 is 1.56 bits per heavy atom.